The molecule has 0 unspecified atom stereocenters. The van der Waals surface area contributed by atoms with Gasteiger partial charge >= 0.3 is 0 Å². The molecule has 1 aromatic heterocycles. The minimum Gasteiger partial charge on any atom is -0.508 e. The molecule has 0 aliphatic carbocycles. The van der Waals surface area contributed by atoms with Gasteiger partial charge in [0.05, 0.1) is 0 Å². The highest BCUT2D eigenvalue weighted by Gasteiger charge is 2.24. The molecule has 1 aromatic carbocycles. The maximum Gasteiger partial charge on any atom is 0.254 e. The van der Waals surface area contributed by atoms with Crippen molar-refractivity contribution in [3.63, 3.8) is 0 Å². The summed E-state index contributed by atoms with van der Waals surface area (Å²) in [4.78, 5) is 24.3. The van der Waals surface area contributed by atoms with Crippen LogP contribution in [-0.2, 0) is 0 Å². The van der Waals surface area contributed by atoms with E-state index < -0.39 is 0 Å². The molecule has 1 amide bonds. The molecule has 0 radical (unpaired) electrons. The standard InChI is InChI=1S/C16H15N5O2/c17-11-14-15(19-5-4-18-14)20-6-8-21(9-7-20)16(23)12-2-1-3-13(22)10-12/h1-5,10,22H,6-9H2. The van der Waals surface area contributed by atoms with Crippen LogP contribution < -0.4 is 4.90 Å². The number of phenols is 1. The highest BCUT2D eigenvalue weighted by atomic mass is 16.3. The third-order valence-electron chi connectivity index (χ3n) is 3.74. The van der Waals surface area contributed by atoms with Gasteiger partial charge in [-0.05, 0) is 18.2 Å². The highest BCUT2D eigenvalue weighted by Crippen LogP contribution is 2.18. The quantitative estimate of drug-likeness (QED) is 0.890. The maximum atomic E-state index is 12.4. The number of aromatic hydroxyl groups is 1. The molecule has 0 saturated carbocycles. The molecule has 0 spiro atoms. The first kappa shape index (κ1) is 14.8. The van der Waals surface area contributed by atoms with Crippen molar-refractivity contribution < 1.29 is 9.90 Å². The van der Waals surface area contributed by atoms with Crippen molar-refractivity contribution in [1.29, 1.82) is 5.26 Å². The van der Waals surface area contributed by atoms with E-state index in [1.165, 1.54) is 18.3 Å². The van der Waals surface area contributed by atoms with Gasteiger partial charge in [-0.15, -0.1) is 0 Å². The van der Waals surface area contributed by atoms with Gasteiger partial charge in [0.15, 0.2) is 11.5 Å². The van der Waals surface area contributed by atoms with Crippen LogP contribution in [0.1, 0.15) is 16.1 Å². The first-order chi connectivity index (χ1) is 11.2. The second kappa shape index (κ2) is 6.32. The molecule has 1 N–H and O–H groups in total. The Bertz CT molecular complexity index is 763. The number of hydrogen-bond acceptors (Lipinski definition) is 6. The van der Waals surface area contributed by atoms with Gasteiger partial charge in [0, 0.05) is 44.1 Å². The minimum absolute atomic E-state index is 0.0766. The average Bonchev–Trinajstić information content (AvgIpc) is 2.61. The van der Waals surface area contributed by atoms with E-state index in [2.05, 4.69) is 9.97 Å². The Kier molecular flexibility index (Phi) is 4.06. The molecule has 23 heavy (non-hydrogen) atoms. The SMILES string of the molecule is N#Cc1nccnc1N1CCN(C(=O)c2cccc(O)c2)CC1. The second-order valence-corrected chi connectivity index (χ2v) is 5.17. The Morgan fingerprint density at radius 2 is 1.91 bits per heavy atom. The molecule has 1 saturated heterocycles. The molecular formula is C16H15N5O2. The summed E-state index contributed by atoms with van der Waals surface area (Å²) >= 11 is 0. The number of phenolic OH excluding ortho intramolecular Hbond substituents is 1. The summed E-state index contributed by atoms with van der Waals surface area (Å²) in [6.45, 7) is 2.21. The van der Waals surface area contributed by atoms with Crippen LogP contribution in [0.15, 0.2) is 36.7 Å². The Morgan fingerprint density at radius 1 is 1.17 bits per heavy atom. The average molecular weight is 309 g/mol. The van der Waals surface area contributed by atoms with Crippen molar-refractivity contribution in [3.8, 4) is 11.8 Å². The number of piperazine rings is 1. The van der Waals surface area contributed by atoms with Crippen molar-refractivity contribution in [2.75, 3.05) is 31.1 Å². The van der Waals surface area contributed by atoms with Crippen molar-refractivity contribution in [2.24, 2.45) is 0 Å². The number of carbonyl (C=O) groups is 1. The van der Waals surface area contributed by atoms with E-state index in [9.17, 15) is 9.90 Å². The first-order valence-corrected chi connectivity index (χ1v) is 7.23. The minimum atomic E-state index is -0.111. The lowest BCUT2D eigenvalue weighted by Crippen LogP contribution is -2.49. The molecule has 1 aliphatic rings. The topological polar surface area (TPSA) is 93.4 Å². The summed E-state index contributed by atoms with van der Waals surface area (Å²) in [5.74, 6) is 0.521. The zero-order valence-electron chi connectivity index (χ0n) is 12.4. The Balaban J connectivity index is 1.69. The molecule has 7 heteroatoms. The molecule has 3 rings (SSSR count). The van der Waals surface area contributed by atoms with Crippen molar-refractivity contribution >= 4 is 11.7 Å². The third kappa shape index (κ3) is 3.06. The van der Waals surface area contributed by atoms with Crippen LogP contribution in [0, 0.1) is 11.3 Å². The molecule has 0 bridgehead atoms. The number of aromatic nitrogens is 2. The van der Waals surface area contributed by atoms with Crippen LogP contribution in [-0.4, -0.2) is 52.1 Å². The fourth-order valence-electron chi connectivity index (χ4n) is 2.58. The summed E-state index contributed by atoms with van der Waals surface area (Å²) in [5.41, 5.74) is 0.760. The summed E-state index contributed by atoms with van der Waals surface area (Å²) in [5, 5.41) is 18.6. The van der Waals surface area contributed by atoms with Gasteiger partial charge in [0.2, 0.25) is 0 Å². The zero-order valence-corrected chi connectivity index (χ0v) is 12.4. The van der Waals surface area contributed by atoms with Crippen molar-refractivity contribution in [3.05, 3.63) is 47.9 Å². The summed E-state index contributed by atoms with van der Waals surface area (Å²) in [6, 6.07) is 8.37. The summed E-state index contributed by atoms with van der Waals surface area (Å²) < 4.78 is 0. The molecule has 7 nitrogen and oxygen atoms in total. The number of hydrogen-bond donors (Lipinski definition) is 1. The van der Waals surface area contributed by atoms with Gasteiger partial charge in [-0.25, -0.2) is 9.97 Å². The fourth-order valence-corrected chi connectivity index (χ4v) is 2.58. The lowest BCUT2D eigenvalue weighted by molar-refractivity contribution is 0.0746. The molecule has 0 atom stereocenters. The molecule has 1 fully saturated rings. The monoisotopic (exact) mass is 309 g/mol. The van der Waals surface area contributed by atoms with E-state index in [1.54, 1.807) is 23.2 Å². The van der Waals surface area contributed by atoms with E-state index in [0.29, 0.717) is 43.3 Å². The molecule has 1 aliphatic heterocycles. The first-order valence-electron chi connectivity index (χ1n) is 7.23. The van der Waals surface area contributed by atoms with Gasteiger partial charge in [-0.2, -0.15) is 5.26 Å². The van der Waals surface area contributed by atoms with Crippen LogP contribution in [0.25, 0.3) is 0 Å². The number of nitriles is 1. The second-order valence-electron chi connectivity index (χ2n) is 5.17. The lowest BCUT2D eigenvalue weighted by atomic mass is 10.1. The Labute approximate surface area is 133 Å². The molecular weight excluding hydrogens is 294 g/mol. The normalized spacial score (nSPS) is 14.4. The number of anilines is 1. The number of rotatable bonds is 2. The molecule has 2 heterocycles. The Hall–Kier alpha value is -3.14. The van der Waals surface area contributed by atoms with Crippen molar-refractivity contribution in [2.45, 2.75) is 0 Å². The van der Waals surface area contributed by atoms with E-state index >= 15 is 0 Å². The smallest absolute Gasteiger partial charge is 0.254 e. The van der Waals surface area contributed by atoms with Gasteiger partial charge in [-0.1, -0.05) is 6.07 Å². The van der Waals surface area contributed by atoms with Crippen LogP contribution >= 0.6 is 0 Å². The predicted molar refractivity (Wildman–Crippen MR) is 83.0 cm³/mol. The van der Waals surface area contributed by atoms with Gasteiger partial charge in [0.1, 0.15) is 11.8 Å². The number of carbonyl (C=O) groups excluding carboxylic acids is 1. The van der Waals surface area contributed by atoms with Crippen LogP contribution in [0.4, 0.5) is 5.82 Å². The van der Waals surface area contributed by atoms with Crippen LogP contribution in [0.3, 0.4) is 0 Å². The largest absolute Gasteiger partial charge is 0.508 e. The molecule has 2 aromatic rings. The van der Waals surface area contributed by atoms with E-state index in [4.69, 9.17) is 5.26 Å². The highest BCUT2D eigenvalue weighted by molar-refractivity contribution is 5.94. The maximum absolute atomic E-state index is 12.4. The third-order valence-corrected chi connectivity index (χ3v) is 3.74. The number of amides is 1. The number of benzene rings is 1. The van der Waals surface area contributed by atoms with Gasteiger partial charge < -0.3 is 14.9 Å². The van der Waals surface area contributed by atoms with E-state index in [-0.39, 0.29) is 11.7 Å². The number of nitrogens with zero attached hydrogens (tertiary/aromatic N) is 5. The summed E-state index contributed by atoms with van der Waals surface area (Å²) in [6.07, 6.45) is 3.05. The predicted octanol–water partition coefficient (Wildman–Crippen LogP) is 1.02. The van der Waals surface area contributed by atoms with Gasteiger partial charge in [0.25, 0.3) is 5.91 Å². The van der Waals surface area contributed by atoms with Crippen molar-refractivity contribution in [1.82, 2.24) is 14.9 Å². The molecule has 116 valence electrons. The van der Waals surface area contributed by atoms with Gasteiger partial charge in [-0.3, -0.25) is 4.79 Å². The lowest BCUT2D eigenvalue weighted by Gasteiger charge is -2.35. The van der Waals surface area contributed by atoms with E-state index in [0.717, 1.165) is 0 Å². The van der Waals surface area contributed by atoms with Crippen LogP contribution in [0.2, 0.25) is 0 Å². The Morgan fingerprint density at radius 3 is 2.61 bits per heavy atom. The zero-order chi connectivity index (χ0) is 16.2. The fraction of sp³-hybridized carbons (Fsp3) is 0.250. The summed E-state index contributed by atoms with van der Waals surface area (Å²) in [7, 11) is 0. The van der Waals surface area contributed by atoms with Crippen LogP contribution in [0.5, 0.6) is 5.75 Å². The van der Waals surface area contributed by atoms with E-state index in [1.807, 2.05) is 11.0 Å².